The van der Waals surface area contributed by atoms with E-state index in [2.05, 4.69) is 10.2 Å². The van der Waals surface area contributed by atoms with Crippen molar-refractivity contribution in [1.29, 1.82) is 0 Å². The molecule has 4 rings (SSSR count). The number of phenols is 1. The number of aromatic nitrogens is 2. The molecule has 2 aromatic carbocycles. The third-order valence-corrected chi connectivity index (χ3v) is 6.27. The number of carbonyl (C=O) groups excluding carboxylic acids is 1. The first-order valence-corrected chi connectivity index (χ1v) is 11.9. The molecule has 192 valence electrons. The molecule has 1 aliphatic rings. The van der Waals surface area contributed by atoms with E-state index in [1.165, 1.54) is 0 Å². The molecule has 0 saturated heterocycles. The van der Waals surface area contributed by atoms with E-state index in [1.807, 2.05) is 45.0 Å². The number of fused-ring (bicyclic) bond motifs is 1. The van der Waals surface area contributed by atoms with Crippen LogP contribution < -0.4 is 14.2 Å². The molecule has 0 bridgehead atoms. The van der Waals surface area contributed by atoms with Gasteiger partial charge in [-0.2, -0.15) is 5.10 Å². The van der Waals surface area contributed by atoms with Gasteiger partial charge in [0.05, 0.1) is 33.5 Å². The molecule has 0 radical (unpaired) electrons. The molecular formula is C27H33N3O6. The van der Waals surface area contributed by atoms with Gasteiger partial charge in [0.1, 0.15) is 17.1 Å². The maximum atomic E-state index is 13.6. The highest BCUT2D eigenvalue weighted by Crippen LogP contribution is 2.48. The van der Waals surface area contributed by atoms with Crippen LogP contribution >= 0.6 is 0 Å². The Balaban J connectivity index is 1.86. The zero-order chi connectivity index (χ0) is 26.0. The number of ether oxygens (including phenoxy) is 4. The number of carbonyl (C=O) groups is 1. The summed E-state index contributed by atoms with van der Waals surface area (Å²) in [5.41, 5.74) is 3.92. The van der Waals surface area contributed by atoms with Crippen LogP contribution in [0.25, 0.3) is 11.3 Å². The SMILES string of the molecule is COc1cc([C@@H]2c3c(-c4cc(C)ccc4O)n[nH]c3C(=O)N2CCCOC(C)C)cc(OC)c1OC. The number of aromatic hydroxyl groups is 1. The smallest absolute Gasteiger partial charge is 0.273 e. The molecule has 2 N–H and O–H groups in total. The highest BCUT2D eigenvalue weighted by molar-refractivity contribution is 6.00. The Labute approximate surface area is 210 Å². The number of aromatic amines is 1. The number of phenolic OH excluding ortho intramolecular Hbond substituents is 1. The summed E-state index contributed by atoms with van der Waals surface area (Å²) in [5, 5.41) is 18.1. The molecule has 9 heteroatoms. The van der Waals surface area contributed by atoms with Gasteiger partial charge in [0.15, 0.2) is 11.5 Å². The number of aryl methyl sites for hydroxylation is 1. The van der Waals surface area contributed by atoms with Crippen molar-refractivity contribution in [3.8, 4) is 34.3 Å². The first-order valence-electron chi connectivity index (χ1n) is 11.9. The summed E-state index contributed by atoms with van der Waals surface area (Å²) in [6.07, 6.45) is 0.770. The van der Waals surface area contributed by atoms with Crippen LogP contribution in [0.3, 0.4) is 0 Å². The summed E-state index contributed by atoms with van der Waals surface area (Å²) in [6, 6.07) is 8.53. The fraction of sp³-hybridized carbons (Fsp3) is 0.407. The second kappa shape index (κ2) is 10.5. The van der Waals surface area contributed by atoms with Gasteiger partial charge in [-0.15, -0.1) is 0 Å². The maximum Gasteiger partial charge on any atom is 0.273 e. The predicted octanol–water partition coefficient (Wildman–Crippen LogP) is 4.48. The summed E-state index contributed by atoms with van der Waals surface area (Å²) < 4.78 is 22.4. The lowest BCUT2D eigenvalue weighted by Gasteiger charge is -2.27. The Kier molecular flexibility index (Phi) is 7.40. The van der Waals surface area contributed by atoms with Gasteiger partial charge in [0.2, 0.25) is 5.75 Å². The van der Waals surface area contributed by atoms with Gasteiger partial charge >= 0.3 is 0 Å². The Morgan fingerprint density at radius 2 is 1.78 bits per heavy atom. The highest BCUT2D eigenvalue weighted by Gasteiger charge is 2.43. The van der Waals surface area contributed by atoms with Crippen molar-refractivity contribution in [1.82, 2.24) is 15.1 Å². The maximum absolute atomic E-state index is 13.6. The molecule has 3 aromatic rings. The molecule has 1 atom stereocenters. The van der Waals surface area contributed by atoms with E-state index in [0.29, 0.717) is 59.3 Å². The molecule has 9 nitrogen and oxygen atoms in total. The summed E-state index contributed by atoms with van der Waals surface area (Å²) in [7, 11) is 4.66. The minimum Gasteiger partial charge on any atom is -0.507 e. The minimum absolute atomic E-state index is 0.0924. The lowest BCUT2D eigenvalue weighted by atomic mass is 9.94. The average Bonchev–Trinajstić information content (AvgIpc) is 3.40. The third-order valence-electron chi connectivity index (χ3n) is 6.27. The third kappa shape index (κ3) is 4.58. The van der Waals surface area contributed by atoms with Crippen LogP contribution in [0.4, 0.5) is 0 Å². The summed E-state index contributed by atoms with van der Waals surface area (Å²) in [4.78, 5) is 15.4. The molecular weight excluding hydrogens is 462 g/mol. The minimum atomic E-state index is -0.492. The van der Waals surface area contributed by atoms with Gasteiger partial charge in [-0.1, -0.05) is 11.6 Å². The predicted molar refractivity (Wildman–Crippen MR) is 135 cm³/mol. The lowest BCUT2D eigenvalue weighted by Crippen LogP contribution is -2.31. The monoisotopic (exact) mass is 495 g/mol. The van der Waals surface area contributed by atoms with Crippen LogP contribution in [-0.2, 0) is 4.74 Å². The number of nitrogens with one attached hydrogen (secondary N) is 1. The van der Waals surface area contributed by atoms with E-state index in [4.69, 9.17) is 18.9 Å². The Bertz CT molecular complexity index is 1230. The molecule has 1 amide bonds. The van der Waals surface area contributed by atoms with Crippen LogP contribution in [0, 0.1) is 6.92 Å². The molecule has 0 fully saturated rings. The Morgan fingerprint density at radius 1 is 1.08 bits per heavy atom. The highest BCUT2D eigenvalue weighted by atomic mass is 16.5. The average molecular weight is 496 g/mol. The van der Waals surface area contributed by atoms with Gasteiger partial charge < -0.3 is 29.0 Å². The number of nitrogens with zero attached hydrogens (tertiary/aromatic N) is 2. The van der Waals surface area contributed by atoms with E-state index in [-0.39, 0.29) is 17.8 Å². The molecule has 0 spiro atoms. The number of benzene rings is 2. The Hall–Kier alpha value is -3.72. The molecule has 0 unspecified atom stereocenters. The quantitative estimate of drug-likeness (QED) is 0.400. The first-order chi connectivity index (χ1) is 17.3. The molecule has 0 saturated carbocycles. The molecule has 36 heavy (non-hydrogen) atoms. The van der Waals surface area contributed by atoms with Crippen molar-refractivity contribution in [2.24, 2.45) is 0 Å². The first kappa shape index (κ1) is 25.4. The van der Waals surface area contributed by atoms with Crippen molar-refractivity contribution >= 4 is 5.91 Å². The van der Waals surface area contributed by atoms with Gasteiger partial charge in [-0.05, 0) is 57.0 Å². The fourth-order valence-electron chi connectivity index (χ4n) is 4.63. The second-order valence-corrected chi connectivity index (χ2v) is 9.01. The lowest BCUT2D eigenvalue weighted by molar-refractivity contribution is 0.0601. The number of amides is 1. The van der Waals surface area contributed by atoms with E-state index in [9.17, 15) is 9.90 Å². The van der Waals surface area contributed by atoms with E-state index < -0.39 is 6.04 Å². The van der Waals surface area contributed by atoms with Gasteiger partial charge in [0, 0.05) is 24.3 Å². The molecule has 0 aliphatic carbocycles. The largest absolute Gasteiger partial charge is 0.507 e. The normalized spacial score (nSPS) is 14.9. The van der Waals surface area contributed by atoms with Crippen molar-refractivity contribution in [2.45, 2.75) is 39.3 Å². The Morgan fingerprint density at radius 3 is 2.39 bits per heavy atom. The number of H-pyrrole nitrogens is 1. The van der Waals surface area contributed by atoms with Crippen LogP contribution in [-0.4, -0.2) is 66.7 Å². The topological polar surface area (TPSA) is 106 Å². The van der Waals surface area contributed by atoms with Crippen LogP contribution in [0.2, 0.25) is 0 Å². The standard InChI is InChI=1S/C27H33N3O6/c1-15(2)36-11-7-10-30-25(17-13-20(33-4)26(35-6)21(14-17)34-5)22-23(28-29-24(22)27(30)32)18-12-16(3)8-9-19(18)31/h8-9,12-15,25,31H,7,10-11H2,1-6H3,(H,28,29)/t25-/m1/s1. The van der Waals surface area contributed by atoms with Crippen LogP contribution in [0.15, 0.2) is 30.3 Å². The van der Waals surface area contributed by atoms with E-state index in [0.717, 1.165) is 11.1 Å². The zero-order valence-corrected chi connectivity index (χ0v) is 21.5. The number of rotatable bonds is 10. The van der Waals surface area contributed by atoms with E-state index in [1.54, 1.807) is 32.3 Å². The molecule has 1 aromatic heterocycles. The second-order valence-electron chi connectivity index (χ2n) is 9.01. The van der Waals surface area contributed by atoms with Crippen molar-refractivity contribution in [2.75, 3.05) is 34.5 Å². The van der Waals surface area contributed by atoms with Crippen LogP contribution in [0.1, 0.15) is 53.5 Å². The molecule has 2 heterocycles. The van der Waals surface area contributed by atoms with Crippen LogP contribution in [0.5, 0.6) is 23.0 Å². The number of hydrogen-bond donors (Lipinski definition) is 2. The summed E-state index contributed by atoms with van der Waals surface area (Å²) >= 11 is 0. The van der Waals surface area contributed by atoms with Crippen molar-refractivity contribution in [3.05, 3.63) is 52.7 Å². The van der Waals surface area contributed by atoms with Gasteiger partial charge in [0.25, 0.3) is 5.91 Å². The summed E-state index contributed by atoms with van der Waals surface area (Å²) in [6.45, 7) is 6.90. The van der Waals surface area contributed by atoms with E-state index >= 15 is 0 Å². The van der Waals surface area contributed by atoms with Crippen molar-refractivity contribution in [3.63, 3.8) is 0 Å². The summed E-state index contributed by atoms with van der Waals surface area (Å²) in [5.74, 6) is 1.36. The van der Waals surface area contributed by atoms with Gasteiger partial charge in [-0.25, -0.2) is 0 Å². The van der Waals surface area contributed by atoms with Crippen molar-refractivity contribution < 1.29 is 28.8 Å². The zero-order valence-electron chi connectivity index (χ0n) is 21.5. The van der Waals surface area contributed by atoms with Gasteiger partial charge in [-0.3, -0.25) is 9.89 Å². The number of methoxy groups -OCH3 is 3. The number of hydrogen-bond acceptors (Lipinski definition) is 7. The molecule has 1 aliphatic heterocycles. The fourth-order valence-corrected chi connectivity index (χ4v) is 4.63.